The molecule has 0 fully saturated rings. The Morgan fingerprint density at radius 3 is 2.64 bits per heavy atom. The SMILES string of the molecule is Cc1ccc(-n2nc(C)c(NC(=O)/C=C/c3cccc(OCc4csc(C)n4)c3)c2C)cc1. The lowest BCUT2D eigenvalue weighted by atomic mass is 10.2. The first-order chi connectivity index (χ1) is 15.9. The maximum absolute atomic E-state index is 12.6. The Hall–Kier alpha value is -3.71. The van der Waals surface area contributed by atoms with Crippen molar-refractivity contribution >= 4 is 29.0 Å². The predicted molar refractivity (Wildman–Crippen MR) is 133 cm³/mol. The molecule has 6 nitrogen and oxygen atoms in total. The monoisotopic (exact) mass is 458 g/mol. The molecule has 2 aromatic carbocycles. The quantitative estimate of drug-likeness (QED) is 0.356. The molecule has 4 aromatic rings. The number of thiazole rings is 1. The highest BCUT2D eigenvalue weighted by atomic mass is 32.1. The molecular weight excluding hydrogens is 432 g/mol. The van der Waals surface area contributed by atoms with Gasteiger partial charge in [0.1, 0.15) is 12.4 Å². The first kappa shape index (κ1) is 22.5. The highest BCUT2D eigenvalue weighted by molar-refractivity contribution is 7.09. The molecule has 2 aromatic heterocycles. The molecule has 0 unspecified atom stereocenters. The highest BCUT2D eigenvalue weighted by Crippen LogP contribution is 2.23. The summed E-state index contributed by atoms with van der Waals surface area (Å²) in [7, 11) is 0. The number of hydrogen-bond donors (Lipinski definition) is 1. The van der Waals surface area contributed by atoms with Crippen LogP contribution in [0.25, 0.3) is 11.8 Å². The van der Waals surface area contributed by atoms with Gasteiger partial charge in [0.15, 0.2) is 0 Å². The largest absolute Gasteiger partial charge is 0.487 e. The van der Waals surface area contributed by atoms with Crippen molar-refractivity contribution in [1.82, 2.24) is 14.8 Å². The minimum absolute atomic E-state index is 0.214. The number of anilines is 1. The Bertz CT molecular complexity index is 1300. The van der Waals surface area contributed by atoms with Crippen LogP contribution >= 0.6 is 11.3 Å². The normalized spacial score (nSPS) is 11.2. The van der Waals surface area contributed by atoms with Crippen molar-refractivity contribution in [2.24, 2.45) is 0 Å². The van der Waals surface area contributed by atoms with Gasteiger partial charge in [-0.25, -0.2) is 9.67 Å². The minimum Gasteiger partial charge on any atom is -0.487 e. The predicted octanol–water partition coefficient (Wildman–Crippen LogP) is 5.79. The Morgan fingerprint density at radius 2 is 1.91 bits per heavy atom. The summed E-state index contributed by atoms with van der Waals surface area (Å²) in [6, 6.07) is 15.7. The number of hydrogen-bond acceptors (Lipinski definition) is 5. The Kier molecular flexibility index (Phi) is 6.70. The molecule has 0 aliphatic carbocycles. The van der Waals surface area contributed by atoms with Gasteiger partial charge in [0.2, 0.25) is 5.91 Å². The Balaban J connectivity index is 1.42. The average molecular weight is 459 g/mol. The average Bonchev–Trinajstić information content (AvgIpc) is 3.35. The van der Waals surface area contributed by atoms with E-state index in [0.29, 0.717) is 6.61 Å². The van der Waals surface area contributed by atoms with Crippen molar-refractivity contribution < 1.29 is 9.53 Å². The number of rotatable bonds is 7. The lowest BCUT2D eigenvalue weighted by molar-refractivity contribution is -0.111. The number of ether oxygens (including phenoxy) is 1. The minimum atomic E-state index is -0.214. The fraction of sp³-hybridized carbons (Fsp3) is 0.192. The zero-order chi connectivity index (χ0) is 23.4. The van der Waals surface area contributed by atoms with E-state index in [-0.39, 0.29) is 5.91 Å². The summed E-state index contributed by atoms with van der Waals surface area (Å²) < 4.78 is 7.68. The molecule has 7 heteroatoms. The van der Waals surface area contributed by atoms with E-state index in [9.17, 15) is 4.79 Å². The standard InChI is InChI=1S/C26H26N4O2S/c1-17-8-11-23(12-9-17)30-19(3)26(18(2)29-30)28-25(31)13-10-21-6-5-7-24(14-21)32-15-22-16-33-20(4)27-22/h5-14,16H,15H2,1-4H3,(H,28,31)/b13-10+. The van der Waals surface area contributed by atoms with Gasteiger partial charge in [-0.15, -0.1) is 11.3 Å². The van der Waals surface area contributed by atoms with E-state index in [4.69, 9.17) is 4.74 Å². The van der Waals surface area contributed by atoms with Crippen molar-refractivity contribution in [3.63, 3.8) is 0 Å². The summed E-state index contributed by atoms with van der Waals surface area (Å²) in [5.41, 5.74) is 6.30. The molecule has 0 bridgehead atoms. The van der Waals surface area contributed by atoms with Gasteiger partial charge in [-0.1, -0.05) is 29.8 Å². The maximum atomic E-state index is 12.6. The van der Waals surface area contributed by atoms with Crippen molar-refractivity contribution in [2.45, 2.75) is 34.3 Å². The van der Waals surface area contributed by atoms with Crippen molar-refractivity contribution in [2.75, 3.05) is 5.32 Å². The Morgan fingerprint density at radius 1 is 1.12 bits per heavy atom. The van der Waals surface area contributed by atoms with E-state index >= 15 is 0 Å². The first-order valence-corrected chi connectivity index (χ1v) is 11.5. The number of benzene rings is 2. The fourth-order valence-electron chi connectivity index (χ4n) is 3.44. The number of aromatic nitrogens is 3. The summed E-state index contributed by atoms with van der Waals surface area (Å²) in [6.45, 7) is 8.28. The van der Waals surface area contributed by atoms with Crippen LogP contribution in [0.1, 0.15) is 33.2 Å². The van der Waals surface area contributed by atoms with E-state index < -0.39 is 0 Å². The summed E-state index contributed by atoms with van der Waals surface area (Å²) >= 11 is 1.60. The maximum Gasteiger partial charge on any atom is 0.248 e. The third-order valence-corrected chi connectivity index (χ3v) is 5.98. The van der Waals surface area contributed by atoms with Crippen LogP contribution in [-0.2, 0) is 11.4 Å². The van der Waals surface area contributed by atoms with Gasteiger partial charge >= 0.3 is 0 Å². The van der Waals surface area contributed by atoms with E-state index in [1.54, 1.807) is 17.4 Å². The number of nitrogens with one attached hydrogen (secondary N) is 1. The lowest BCUT2D eigenvalue weighted by Crippen LogP contribution is -2.09. The van der Waals surface area contributed by atoms with Crippen molar-refractivity contribution in [3.8, 4) is 11.4 Å². The second-order valence-corrected chi connectivity index (χ2v) is 8.90. The molecule has 168 valence electrons. The molecule has 0 saturated carbocycles. The Labute approximate surface area is 197 Å². The van der Waals surface area contributed by atoms with Crippen LogP contribution in [0.3, 0.4) is 0 Å². The third-order valence-electron chi connectivity index (χ3n) is 5.16. The molecule has 0 spiro atoms. The molecule has 1 amide bonds. The molecule has 4 rings (SSSR count). The van der Waals surface area contributed by atoms with E-state index in [1.807, 2.05) is 86.3 Å². The summed E-state index contributed by atoms with van der Waals surface area (Å²) in [5.74, 6) is 0.517. The number of carbonyl (C=O) groups excluding carboxylic acids is 1. The third kappa shape index (κ3) is 5.56. The number of amides is 1. The molecule has 0 radical (unpaired) electrons. The number of nitrogens with zero attached hydrogens (tertiary/aromatic N) is 3. The van der Waals surface area contributed by atoms with Crippen LogP contribution in [0.5, 0.6) is 5.75 Å². The zero-order valence-corrected chi connectivity index (χ0v) is 19.9. The van der Waals surface area contributed by atoms with Crippen LogP contribution in [0.2, 0.25) is 0 Å². The van der Waals surface area contributed by atoms with Crippen LogP contribution in [0.15, 0.2) is 60.0 Å². The van der Waals surface area contributed by atoms with Gasteiger partial charge in [-0.3, -0.25) is 4.79 Å². The molecular formula is C26H26N4O2S. The van der Waals surface area contributed by atoms with Gasteiger partial charge in [0, 0.05) is 11.5 Å². The second-order valence-electron chi connectivity index (χ2n) is 7.83. The molecule has 0 saturated heterocycles. The van der Waals surface area contributed by atoms with E-state index in [1.165, 1.54) is 11.6 Å². The first-order valence-electron chi connectivity index (χ1n) is 10.7. The van der Waals surface area contributed by atoms with Gasteiger partial charge in [0.05, 0.1) is 33.5 Å². The zero-order valence-electron chi connectivity index (χ0n) is 19.1. The molecule has 1 N–H and O–H groups in total. The second kappa shape index (κ2) is 9.83. The van der Waals surface area contributed by atoms with Crippen molar-refractivity contribution in [3.05, 3.63) is 93.2 Å². The van der Waals surface area contributed by atoms with Gasteiger partial charge < -0.3 is 10.1 Å². The van der Waals surface area contributed by atoms with E-state index in [2.05, 4.69) is 15.4 Å². The van der Waals surface area contributed by atoms with Crippen LogP contribution in [-0.4, -0.2) is 20.7 Å². The summed E-state index contributed by atoms with van der Waals surface area (Å²) in [5, 5.41) is 10.6. The van der Waals surface area contributed by atoms with Gasteiger partial charge in [-0.05, 0) is 63.6 Å². The smallest absolute Gasteiger partial charge is 0.248 e. The lowest BCUT2D eigenvalue weighted by Gasteiger charge is -2.06. The van der Waals surface area contributed by atoms with Crippen molar-refractivity contribution in [1.29, 1.82) is 0 Å². The van der Waals surface area contributed by atoms with E-state index in [0.717, 1.165) is 44.8 Å². The molecule has 0 aliphatic rings. The van der Waals surface area contributed by atoms with Crippen LogP contribution < -0.4 is 10.1 Å². The number of carbonyl (C=O) groups is 1. The molecule has 0 aliphatic heterocycles. The fourth-order valence-corrected chi connectivity index (χ4v) is 4.03. The summed E-state index contributed by atoms with van der Waals surface area (Å²) in [6.07, 6.45) is 3.29. The topological polar surface area (TPSA) is 69.0 Å². The highest BCUT2D eigenvalue weighted by Gasteiger charge is 2.14. The van der Waals surface area contributed by atoms with Gasteiger partial charge in [-0.2, -0.15) is 5.10 Å². The van der Waals surface area contributed by atoms with Gasteiger partial charge in [0.25, 0.3) is 0 Å². The number of aryl methyl sites for hydroxylation is 3. The summed E-state index contributed by atoms with van der Waals surface area (Å²) in [4.78, 5) is 17.0. The van der Waals surface area contributed by atoms with Crippen LogP contribution in [0.4, 0.5) is 5.69 Å². The molecule has 2 heterocycles. The molecule has 33 heavy (non-hydrogen) atoms. The molecule has 0 atom stereocenters. The van der Waals surface area contributed by atoms with Crippen LogP contribution in [0, 0.1) is 27.7 Å².